The molecule has 4 aromatic rings. The molecule has 184 valence electrons. The van der Waals surface area contributed by atoms with Gasteiger partial charge in [-0.1, -0.05) is 48.5 Å². The number of nitriles is 1. The van der Waals surface area contributed by atoms with Gasteiger partial charge in [0.05, 0.1) is 36.0 Å². The summed E-state index contributed by atoms with van der Waals surface area (Å²) in [6.45, 7) is 2.14. The standard InChI is InChI=1S/C28H21F2N5O2/c1-18-17-34-25(24(16-32-34)26(36)33-22-9-5-6-19(14-22)15-31)27(37)35(18)23-12-10-21(11-13-23)28(29,30)20-7-3-2-4-8-20/h2-14,16,18H,17H2,1H3,(H,33,36)/t18-/m0/s1. The van der Waals surface area contributed by atoms with E-state index in [9.17, 15) is 18.4 Å². The van der Waals surface area contributed by atoms with Crippen molar-refractivity contribution in [1.82, 2.24) is 9.78 Å². The molecule has 0 bridgehead atoms. The molecule has 7 nitrogen and oxygen atoms in total. The zero-order chi connectivity index (χ0) is 26.2. The van der Waals surface area contributed by atoms with E-state index in [-0.39, 0.29) is 28.4 Å². The number of carbonyl (C=O) groups is 2. The lowest BCUT2D eigenvalue weighted by atomic mass is 9.99. The van der Waals surface area contributed by atoms with Crippen LogP contribution in [0.2, 0.25) is 0 Å². The Labute approximate surface area is 211 Å². The molecule has 0 saturated heterocycles. The van der Waals surface area contributed by atoms with Crippen molar-refractivity contribution in [3.8, 4) is 6.07 Å². The van der Waals surface area contributed by atoms with Crippen LogP contribution in [0, 0.1) is 11.3 Å². The van der Waals surface area contributed by atoms with Gasteiger partial charge in [0.25, 0.3) is 17.7 Å². The predicted octanol–water partition coefficient (Wildman–Crippen LogP) is 5.20. The van der Waals surface area contributed by atoms with E-state index >= 15 is 0 Å². The summed E-state index contributed by atoms with van der Waals surface area (Å²) in [4.78, 5) is 28.1. The van der Waals surface area contributed by atoms with Crippen molar-refractivity contribution in [1.29, 1.82) is 5.26 Å². The fourth-order valence-corrected chi connectivity index (χ4v) is 4.44. The molecule has 37 heavy (non-hydrogen) atoms. The molecule has 1 aromatic heterocycles. The molecule has 1 aliphatic heterocycles. The Kier molecular flexibility index (Phi) is 6.01. The first-order chi connectivity index (χ1) is 17.8. The quantitative estimate of drug-likeness (QED) is 0.411. The minimum atomic E-state index is -3.19. The van der Waals surface area contributed by atoms with Crippen molar-refractivity contribution < 1.29 is 18.4 Å². The van der Waals surface area contributed by atoms with E-state index in [1.165, 1.54) is 58.2 Å². The maximum atomic E-state index is 15.0. The number of halogens is 2. The first kappa shape index (κ1) is 23.9. The maximum Gasteiger partial charge on any atom is 0.298 e. The zero-order valence-corrected chi connectivity index (χ0v) is 19.7. The van der Waals surface area contributed by atoms with E-state index in [1.807, 2.05) is 13.0 Å². The van der Waals surface area contributed by atoms with Crippen LogP contribution >= 0.6 is 0 Å². The number of nitrogens with zero attached hydrogens (tertiary/aromatic N) is 4. The Morgan fingerprint density at radius 3 is 2.46 bits per heavy atom. The molecule has 0 spiro atoms. The lowest BCUT2D eigenvalue weighted by molar-refractivity contribution is 0.0428. The molecule has 3 aromatic carbocycles. The molecule has 0 fully saturated rings. The SMILES string of the molecule is C[C@H]1Cn2ncc(C(=O)Nc3cccc(C#N)c3)c2C(=O)N1c1ccc(C(F)(F)c2ccccc2)cc1. The van der Waals surface area contributed by atoms with E-state index in [0.717, 1.165) is 0 Å². The van der Waals surface area contributed by atoms with Crippen molar-refractivity contribution >= 4 is 23.2 Å². The maximum absolute atomic E-state index is 15.0. The minimum absolute atomic E-state index is 0.0801. The Bertz CT molecular complexity index is 1520. The normalized spacial score (nSPS) is 15.1. The van der Waals surface area contributed by atoms with Gasteiger partial charge in [-0.3, -0.25) is 14.3 Å². The molecule has 0 radical (unpaired) electrons. The highest BCUT2D eigenvalue weighted by Gasteiger charge is 2.37. The van der Waals surface area contributed by atoms with Gasteiger partial charge in [-0.15, -0.1) is 0 Å². The van der Waals surface area contributed by atoms with E-state index in [0.29, 0.717) is 23.5 Å². The van der Waals surface area contributed by atoms with Crippen LogP contribution < -0.4 is 10.2 Å². The van der Waals surface area contributed by atoms with E-state index in [1.54, 1.807) is 36.4 Å². The summed E-state index contributed by atoms with van der Waals surface area (Å²) in [6.07, 6.45) is 1.33. The first-order valence-corrected chi connectivity index (χ1v) is 11.5. The summed E-state index contributed by atoms with van der Waals surface area (Å²) in [6, 6.07) is 21.2. The molecule has 2 amide bonds. The van der Waals surface area contributed by atoms with Crippen molar-refractivity contribution in [3.05, 3.63) is 113 Å². The number of carbonyl (C=O) groups excluding carboxylic acids is 2. The first-order valence-electron chi connectivity index (χ1n) is 11.5. The Morgan fingerprint density at radius 2 is 1.76 bits per heavy atom. The number of hydrogen-bond acceptors (Lipinski definition) is 4. The highest BCUT2D eigenvalue weighted by atomic mass is 19.3. The molecule has 9 heteroatoms. The largest absolute Gasteiger partial charge is 0.322 e. The molecule has 2 heterocycles. The van der Waals surface area contributed by atoms with Crippen LogP contribution in [-0.2, 0) is 12.5 Å². The van der Waals surface area contributed by atoms with Crippen LogP contribution in [0.5, 0.6) is 0 Å². The van der Waals surface area contributed by atoms with Crippen LogP contribution in [-0.4, -0.2) is 27.6 Å². The van der Waals surface area contributed by atoms with Crippen LogP contribution in [0.1, 0.15) is 44.5 Å². The van der Waals surface area contributed by atoms with Crippen LogP contribution in [0.15, 0.2) is 85.1 Å². The molecule has 1 N–H and O–H groups in total. The van der Waals surface area contributed by atoms with Gasteiger partial charge in [0.2, 0.25) is 0 Å². The van der Waals surface area contributed by atoms with Gasteiger partial charge in [-0.25, -0.2) is 0 Å². The van der Waals surface area contributed by atoms with Crippen molar-refractivity contribution in [3.63, 3.8) is 0 Å². The summed E-state index contributed by atoms with van der Waals surface area (Å²) in [7, 11) is 0. The van der Waals surface area contributed by atoms with Gasteiger partial charge in [0.1, 0.15) is 5.69 Å². The molecular weight excluding hydrogens is 476 g/mol. The number of rotatable bonds is 5. The summed E-state index contributed by atoms with van der Waals surface area (Å²) >= 11 is 0. The second kappa shape index (κ2) is 9.32. The van der Waals surface area contributed by atoms with Gasteiger partial charge in [-0.2, -0.15) is 19.1 Å². The fourth-order valence-electron chi connectivity index (χ4n) is 4.44. The summed E-state index contributed by atoms with van der Waals surface area (Å²) < 4.78 is 31.4. The van der Waals surface area contributed by atoms with Crippen LogP contribution in [0.25, 0.3) is 0 Å². The van der Waals surface area contributed by atoms with Crippen molar-refractivity contribution in [2.45, 2.75) is 25.4 Å². The number of benzene rings is 3. The number of amides is 2. The number of hydrogen-bond donors (Lipinski definition) is 1. The summed E-state index contributed by atoms with van der Waals surface area (Å²) in [5.74, 6) is -4.20. The summed E-state index contributed by atoms with van der Waals surface area (Å²) in [5, 5.41) is 16.0. The van der Waals surface area contributed by atoms with Gasteiger partial charge in [0.15, 0.2) is 0 Å². The molecule has 0 aliphatic carbocycles. The Morgan fingerprint density at radius 1 is 1.05 bits per heavy atom. The van der Waals surface area contributed by atoms with E-state index in [2.05, 4.69) is 10.4 Å². The average molecular weight is 498 g/mol. The third-order valence-corrected chi connectivity index (χ3v) is 6.28. The van der Waals surface area contributed by atoms with Gasteiger partial charge in [0, 0.05) is 22.5 Å². The smallest absolute Gasteiger partial charge is 0.298 e. The molecule has 1 atom stereocenters. The third kappa shape index (κ3) is 4.34. The van der Waals surface area contributed by atoms with E-state index in [4.69, 9.17) is 5.26 Å². The van der Waals surface area contributed by atoms with Gasteiger partial charge in [-0.05, 0) is 37.3 Å². The zero-order valence-electron chi connectivity index (χ0n) is 19.7. The average Bonchev–Trinajstić information content (AvgIpc) is 3.34. The van der Waals surface area contributed by atoms with E-state index < -0.39 is 17.7 Å². The monoisotopic (exact) mass is 497 g/mol. The van der Waals surface area contributed by atoms with Gasteiger partial charge < -0.3 is 10.2 Å². The number of alkyl halides is 2. The van der Waals surface area contributed by atoms with Gasteiger partial charge >= 0.3 is 0 Å². The topological polar surface area (TPSA) is 91.0 Å². The van der Waals surface area contributed by atoms with Crippen LogP contribution in [0.4, 0.5) is 20.2 Å². The molecule has 5 rings (SSSR count). The minimum Gasteiger partial charge on any atom is -0.322 e. The third-order valence-electron chi connectivity index (χ3n) is 6.28. The Hall–Kier alpha value is -4.84. The second-order valence-electron chi connectivity index (χ2n) is 8.75. The molecular formula is C28H21F2N5O2. The summed E-state index contributed by atoms with van der Waals surface area (Å²) in [5.41, 5.74) is 1.10. The highest BCUT2D eigenvalue weighted by Crippen LogP contribution is 2.37. The second-order valence-corrected chi connectivity index (χ2v) is 8.75. The molecule has 1 aliphatic rings. The highest BCUT2D eigenvalue weighted by molar-refractivity contribution is 6.15. The van der Waals surface area contributed by atoms with Crippen molar-refractivity contribution in [2.24, 2.45) is 0 Å². The lowest BCUT2D eigenvalue weighted by Crippen LogP contribution is -2.47. The number of anilines is 2. The number of nitrogens with one attached hydrogen (secondary N) is 1. The Balaban J connectivity index is 1.42. The predicted molar refractivity (Wildman–Crippen MR) is 133 cm³/mol. The fraction of sp³-hybridized carbons (Fsp3) is 0.143. The van der Waals surface area contributed by atoms with Crippen LogP contribution in [0.3, 0.4) is 0 Å². The lowest BCUT2D eigenvalue weighted by Gasteiger charge is -2.34. The number of aromatic nitrogens is 2. The molecule has 0 unspecified atom stereocenters. The molecule has 0 saturated carbocycles. The van der Waals surface area contributed by atoms with Crippen molar-refractivity contribution in [2.75, 3.05) is 10.2 Å². The number of fused-ring (bicyclic) bond motifs is 1.